The Hall–Kier alpha value is -2.44. The fourth-order valence-corrected chi connectivity index (χ4v) is 2.12. The van der Waals surface area contributed by atoms with Gasteiger partial charge in [-0.1, -0.05) is 13.8 Å². The van der Waals surface area contributed by atoms with Crippen LogP contribution in [0.15, 0.2) is 29.3 Å². The predicted molar refractivity (Wildman–Crippen MR) is 83.2 cm³/mol. The lowest BCUT2D eigenvalue weighted by molar-refractivity contribution is -0.121. The number of carbonyl (C=O) groups excluding carboxylic acids is 1. The zero-order valence-electron chi connectivity index (χ0n) is 13.1. The first-order valence-corrected chi connectivity index (χ1v) is 7.30. The van der Waals surface area contributed by atoms with Crippen molar-refractivity contribution >= 4 is 5.91 Å². The molecule has 2 aromatic rings. The molecule has 0 atom stereocenters. The van der Waals surface area contributed by atoms with E-state index in [1.807, 2.05) is 19.9 Å². The van der Waals surface area contributed by atoms with Crippen LogP contribution in [0.1, 0.15) is 20.3 Å². The summed E-state index contributed by atoms with van der Waals surface area (Å²) in [6, 6.07) is 3.65. The van der Waals surface area contributed by atoms with Crippen molar-refractivity contribution < 1.29 is 4.79 Å². The van der Waals surface area contributed by atoms with Crippen LogP contribution in [0.25, 0.3) is 11.4 Å². The molecule has 2 heterocycles. The van der Waals surface area contributed by atoms with E-state index in [-0.39, 0.29) is 11.6 Å². The topological polar surface area (TPSA) is 81.8 Å². The molecule has 7 heteroatoms. The van der Waals surface area contributed by atoms with E-state index >= 15 is 0 Å². The summed E-state index contributed by atoms with van der Waals surface area (Å²) >= 11 is 0. The molecule has 0 aliphatic rings. The van der Waals surface area contributed by atoms with E-state index in [9.17, 15) is 9.59 Å². The van der Waals surface area contributed by atoms with Crippen molar-refractivity contribution in [2.75, 3.05) is 6.54 Å². The van der Waals surface area contributed by atoms with Gasteiger partial charge in [-0.15, -0.1) is 5.10 Å². The van der Waals surface area contributed by atoms with Gasteiger partial charge >= 0.3 is 5.69 Å². The molecule has 1 N–H and O–H groups in total. The fraction of sp³-hybridized carbons (Fsp3) is 0.467. The maximum Gasteiger partial charge on any atom is 0.345 e. The van der Waals surface area contributed by atoms with Crippen LogP contribution in [-0.2, 0) is 18.4 Å². The highest BCUT2D eigenvalue weighted by Crippen LogP contribution is 2.12. The summed E-state index contributed by atoms with van der Waals surface area (Å²) in [4.78, 5) is 27.8. The molecule has 0 saturated heterocycles. The average molecular weight is 303 g/mol. The van der Waals surface area contributed by atoms with Crippen LogP contribution < -0.4 is 11.0 Å². The Labute approximate surface area is 129 Å². The van der Waals surface area contributed by atoms with Crippen molar-refractivity contribution in [3.8, 4) is 11.4 Å². The fourth-order valence-electron chi connectivity index (χ4n) is 2.12. The molecule has 0 aliphatic carbocycles. The number of hydrogen-bond donors (Lipinski definition) is 1. The quantitative estimate of drug-likeness (QED) is 0.856. The lowest BCUT2D eigenvalue weighted by atomic mass is 10.1. The second kappa shape index (κ2) is 7.02. The van der Waals surface area contributed by atoms with Crippen LogP contribution in [0.4, 0.5) is 0 Å². The highest BCUT2D eigenvalue weighted by Gasteiger charge is 2.12. The largest absolute Gasteiger partial charge is 0.354 e. The Balaban J connectivity index is 2.04. The molecule has 0 spiro atoms. The Bertz CT molecular complexity index is 688. The maximum absolute atomic E-state index is 12.1. The number of carbonyl (C=O) groups is 1. The third-order valence-corrected chi connectivity index (χ3v) is 3.20. The summed E-state index contributed by atoms with van der Waals surface area (Å²) in [6.07, 6.45) is 3.82. The van der Waals surface area contributed by atoms with E-state index in [1.54, 1.807) is 25.5 Å². The van der Waals surface area contributed by atoms with Gasteiger partial charge in [0.15, 0.2) is 5.82 Å². The maximum atomic E-state index is 12.1. The molecule has 0 radical (unpaired) electrons. The molecular weight excluding hydrogens is 282 g/mol. The van der Waals surface area contributed by atoms with E-state index in [0.717, 1.165) is 5.56 Å². The van der Waals surface area contributed by atoms with E-state index in [0.29, 0.717) is 31.3 Å². The minimum Gasteiger partial charge on any atom is -0.354 e. The van der Waals surface area contributed by atoms with Crippen LogP contribution in [0.5, 0.6) is 0 Å². The van der Waals surface area contributed by atoms with E-state index in [2.05, 4.69) is 15.4 Å². The minimum absolute atomic E-state index is 0.00790. The predicted octanol–water partition coefficient (Wildman–Crippen LogP) is 0.806. The van der Waals surface area contributed by atoms with Gasteiger partial charge in [0.2, 0.25) is 5.91 Å². The Kier molecular flexibility index (Phi) is 5.08. The standard InChI is InChI=1S/C15H21N5O2/c1-11(2)9-13(21)17-7-8-20-15(22)19(3)14(18-20)12-5-4-6-16-10-12/h4-6,10-11H,7-9H2,1-3H3,(H,17,21). The molecule has 0 aromatic carbocycles. The van der Waals surface area contributed by atoms with Crippen LogP contribution in [0.2, 0.25) is 0 Å². The molecule has 0 fully saturated rings. The first-order valence-electron chi connectivity index (χ1n) is 7.30. The summed E-state index contributed by atoms with van der Waals surface area (Å²) in [5.41, 5.74) is 0.571. The van der Waals surface area contributed by atoms with Crippen molar-refractivity contribution in [3.05, 3.63) is 35.0 Å². The van der Waals surface area contributed by atoms with Gasteiger partial charge in [-0.2, -0.15) is 0 Å². The number of hydrogen-bond acceptors (Lipinski definition) is 4. The number of nitrogens with one attached hydrogen (secondary N) is 1. The summed E-state index contributed by atoms with van der Waals surface area (Å²) in [6.45, 7) is 4.71. The first-order chi connectivity index (χ1) is 10.5. The molecule has 0 unspecified atom stereocenters. The molecule has 2 aromatic heterocycles. The number of nitrogens with zero attached hydrogens (tertiary/aromatic N) is 4. The smallest absolute Gasteiger partial charge is 0.345 e. The van der Waals surface area contributed by atoms with Crippen LogP contribution in [0, 0.1) is 5.92 Å². The van der Waals surface area contributed by atoms with Crippen molar-refractivity contribution in [2.45, 2.75) is 26.8 Å². The highest BCUT2D eigenvalue weighted by atomic mass is 16.2. The Morgan fingerprint density at radius 1 is 1.41 bits per heavy atom. The number of amides is 1. The summed E-state index contributed by atoms with van der Waals surface area (Å²) in [7, 11) is 1.67. The van der Waals surface area contributed by atoms with Gasteiger partial charge in [0.1, 0.15) is 0 Å². The van der Waals surface area contributed by atoms with Gasteiger partial charge in [0, 0.05) is 38.0 Å². The van der Waals surface area contributed by atoms with Crippen molar-refractivity contribution in [1.82, 2.24) is 24.6 Å². The molecule has 22 heavy (non-hydrogen) atoms. The van der Waals surface area contributed by atoms with Crippen LogP contribution >= 0.6 is 0 Å². The molecule has 0 aliphatic heterocycles. The van der Waals surface area contributed by atoms with Gasteiger partial charge < -0.3 is 5.32 Å². The minimum atomic E-state index is -0.211. The SMILES string of the molecule is CC(C)CC(=O)NCCn1nc(-c2cccnc2)n(C)c1=O. The number of aromatic nitrogens is 4. The second-order valence-corrected chi connectivity index (χ2v) is 5.58. The van der Waals surface area contributed by atoms with Crippen molar-refractivity contribution in [1.29, 1.82) is 0 Å². The summed E-state index contributed by atoms with van der Waals surface area (Å²) in [5, 5.41) is 7.11. The average Bonchev–Trinajstić information content (AvgIpc) is 2.76. The zero-order chi connectivity index (χ0) is 16.1. The summed E-state index contributed by atoms with van der Waals surface area (Å²) in [5.74, 6) is 0.868. The molecular formula is C15H21N5O2. The normalized spacial score (nSPS) is 10.9. The molecule has 0 saturated carbocycles. The van der Waals surface area contributed by atoms with Gasteiger partial charge in [0.05, 0.1) is 6.54 Å². The zero-order valence-corrected chi connectivity index (χ0v) is 13.1. The molecule has 0 bridgehead atoms. The third-order valence-electron chi connectivity index (χ3n) is 3.20. The molecule has 118 valence electrons. The van der Waals surface area contributed by atoms with Crippen molar-refractivity contribution in [3.63, 3.8) is 0 Å². The third kappa shape index (κ3) is 3.81. The van der Waals surface area contributed by atoms with Crippen molar-refractivity contribution in [2.24, 2.45) is 13.0 Å². The highest BCUT2D eigenvalue weighted by molar-refractivity contribution is 5.75. The first kappa shape index (κ1) is 15.9. The monoisotopic (exact) mass is 303 g/mol. The molecule has 1 amide bonds. The van der Waals surface area contributed by atoms with Gasteiger partial charge in [-0.25, -0.2) is 9.48 Å². The lowest BCUT2D eigenvalue weighted by Crippen LogP contribution is -2.32. The van der Waals surface area contributed by atoms with Gasteiger partial charge in [-0.05, 0) is 18.1 Å². The lowest BCUT2D eigenvalue weighted by Gasteiger charge is -2.06. The number of rotatable bonds is 6. The molecule has 7 nitrogen and oxygen atoms in total. The van der Waals surface area contributed by atoms with Gasteiger partial charge in [0.25, 0.3) is 0 Å². The Morgan fingerprint density at radius 2 is 2.18 bits per heavy atom. The van der Waals surface area contributed by atoms with Crippen LogP contribution in [-0.4, -0.2) is 31.8 Å². The Morgan fingerprint density at radius 3 is 2.82 bits per heavy atom. The summed E-state index contributed by atoms with van der Waals surface area (Å²) < 4.78 is 2.84. The molecule has 2 rings (SSSR count). The van der Waals surface area contributed by atoms with Crippen LogP contribution in [0.3, 0.4) is 0 Å². The van der Waals surface area contributed by atoms with E-state index < -0.39 is 0 Å². The van der Waals surface area contributed by atoms with E-state index in [1.165, 1.54) is 9.25 Å². The second-order valence-electron chi connectivity index (χ2n) is 5.58. The number of pyridine rings is 1. The van der Waals surface area contributed by atoms with Gasteiger partial charge in [-0.3, -0.25) is 14.3 Å². The van der Waals surface area contributed by atoms with E-state index in [4.69, 9.17) is 0 Å².